The third-order valence-electron chi connectivity index (χ3n) is 8.90. The van der Waals surface area contributed by atoms with Gasteiger partial charge in [-0.1, -0.05) is 175 Å². The first-order valence-electron chi connectivity index (χ1n) is 19.5. The van der Waals surface area contributed by atoms with Gasteiger partial charge in [0.25, 0.3) is 0 Å². The highest BCUT2D eigenvalue weighted by molar-refractivity contribution is 7.80. The zero-order valence-corrected chi connectivity index (χ0v) is 31.7. The van der Waals surface area contributed by atoms with Crippen molar-refractivity contribution in [3.05, 3.63) is 0 Å². The molecule has 0 rings (SSSR count). The summed E-state index contributed by atoms with van der Waals surface area (Å²) in [5, 5.41) is 3.32. The normalized spacial score (nSPS) is 11.5. The molecule has 0 amide bonds. The minimum atomic E-state index is -4.16. The highest BCUT2D eigenvalue weighted by Gasteiger charge is 2.24. The molecule has 0 radical (unpaired) electrons. The lowest BCUT2D eigenvalue weighted by Gasteiger charge is -2.15. The molecule has 0 fully saturated rings. The number of Topliss-reactive ketones (excluding diaryl/α,β-unsaturated/α-hetero) is 2. The maximum Gasteiger partial charge on any atom is 0.397 e. The Morgan fingerprint density at radius 3 is 1.04 bits per heavy atom. The summed E-state index contributed by atoms with van der Waals surface area (Å²) in [5.41, 5.74) is 0. The first-order chi connectivity index (χ1) is 22.2. The molecule has 0 aromatic carbocycles. The molecule has 8 heteroatoms. The second kappa shape index (κ2) is 37.0. The van der Waals surface area contributed by atoms with E-state index in [9.17, 15) is 18.0 Å². The van der Waals surface area contributed by atoms with Gasteiger partial charge in [-0.2, -0.15) is 8.42 Å². The molecule has 2 N–H and O–H groups in total. The van der Waals surface area contributed by atoms with Crippen LogP contribution < -0.4 is 5.32 Å². The van der Waals surface area contributed by atoms with E-state index in [-0.39, 0.29) is 17.5 Å². The molecular formula is C38H77NO6S. The third-order valence-corrected chi connectivity index (χ3v) is 9.32. The Morgan fingerprint density at radius 1 is 0.543 bits per heavy atom. The molecule has 0 aliphatic rings. The molecule has 0 heterocycles. The monoisotopic (exact) mass is 676 g/mol. The minimum Gasteiger partial charge on any atom is -0.317 e. The van der Waals surface area contributed by atoms with Crippen LogP contribution in [0.2, 0.25) is 0 Å². The van der Waals surface area contributed by atoms with Crippen molar-refractivity contribution in [1.82, 2.24) is 5.32 Å². The summed E-state index contributed by atoms with van der Waals surface area (Å²) < 4.78 is 29.7. The lowest BCUT2D eigenvalue weighted by Crippen LogP contribution is -2.28. The fraction of sp³-hybridized carbons (Fsp3) is 0.947. The van der Waals surface area contributed by atoms with Crippen molar-refractivity contribution in [2.24, 2.45) is 5.92 Å². The van der Waals surface area contributed by atoms with Crippen molar-refractivity contribution in [3.8, 4) is 0 Å². The largest absolute Gasteiger partial charge is 0.397 e. The summed E-state index contributed by atoms with van der Waals surface area (Å²) in [4.78, 5) is 25.9. The number of carbonyl (C=O) groups excluding carboxylic acids is 2. The van der Waals surface area contributed by atoms with E-state index < -0.39 is 10.4 Å². The van der Waals surface area contributed by atoms with Gasteiger partial charge in [0.15, 0.2) is 0 Å². The molecule has 0 aliphatic heterocycles. The first kappa shape index (κ1) is 47.3. The molecule has 0 saturated heterocycles. The molecule has 0 spiro atoms. The van der Waals surface area contributed by atoms with Gasteiger partial charge in [0.05, 0.1) is 13.0 Å². The molecule has 0 unspecified atom stereocenters. The van der Waals surface area contributed by atoms with Gasteiger partial charge >= 0.3 is 10.4 Å². The van der Waals surface area contributed by atoms with Crippen LogP contribution in [0.4, 0.5) is 0 Å². The van der Waals surface area contributed by atoms with Crippen LogP contribution in [0, 0.1) is 5.92 Å². The molecule has 0 aromatic rings. The van der Waals surface area contributed by atoms with Gasteiger partial charge < -0.3 is 5.32 Å². The summed E-state index contributed by atoms with van der Waals surface area (Å²) in [7, 11) is -3.29. The van der Waals surface area contributed by atoms with Crippen molar-refractivity contribution in [2.75, 3.05) is 20.2 Å². The van der Waals surface area contributed by atoms with E-state index in [4.69, 9.17) is 4.55 Å². The van der Waals surface area contributed by atoms with Gasteiger partial charge in [0.2, 0.25) is 0 Å². The molecule has 0 saturated carbocycles. The van der Waals surface area contributed by atoms with Crippen LogP contribution in [-0.4, -0.2) is 44.7 Å². The maximum atomic E-state index is 13.0. The predicted octanol–water partition coefficient (Wildman–Crippen LogP) is 11.1. The summed E-state index contributed by atoms with van der Waals surface area (Å²) in [6.07, 6.45) is 36.1. The smallest absolute Gasteiger partial charge is 0.317 e. The van der Waals surface area contributed by atoms with E-state index in [1.54, 1.807) is 0 Å². The van der Waals surface area contributed by atoms with Gasteiger partial charge in [-0.3, -0.25) is 18.3 Å². The Morgan fingerprint density at radius 2 is 0.804 bits per heavy atom. The van der Waals surface area contributed by atoms with E-state index in [0.717, 1.165) is 45.9 Å². The fourth-order valence-electron chi connectivity index (χ4n) is 5.91. The Hall–Kier alpha value is -0.830. The topological polar surface area (TPSA) is 110 Å². The number of unbranched alkanes of at least 4 members (excludes halogenated alkanes) is 24. The number of nitrogens with one attached hydrogen (secondary N) is 1. The van der Waals surface area contributed by atoms with E-state index in [2.05, 4.69) is 30.3 Å². The zero-order valence-electron chi connectivity index (χ0n) is 30.9. The Bertz CT molecular complexity index is 716. The standard InChI is InChI=1S/C37H73NO2.CH4O4S/c1-4-7-9-11-13-15-17-19-21-23-25-27-29-31-36(39)35(33-34-38-6-3)37(40)32-30-28-26-24-22-20-18-16-14-12-10-8-5-2;1-5-6(2,3)4/h35,38H,4-34H2,1-3H3;1H3,(H,2,3,4). The molecule has 0 aliphatic carbocycles. The van der Waals surface area contributed by atoms with E-state index in [0.29, 0.717) is 19.3 Å². The summed E-state index contributed by atoms with van der Waals surface area (Å²) in [6, 6.07) is 0. The number of ketones is 2. The van der Waals surface area contributed by atoms with Gasteiger partial charge in [-0.25, -0.2) is 0 Å². The molecule has 7 nitrogen and oxygen atoms in total. The Balaban J connectivity index is 0. The second-order valence-corrected chi connectivity index (χ2v) is 14.4. The van der Waals surface area contributed by atoms with Crippen molar-refractivity contribution in [2.45, 2.75) is 207 Å². The molecule has 0 bridgehead atoms. The maximum absolute atomic E-state index is 13.0. The summed E-state index contributed by atoms with van der Waals surface area (Å²) in [6.45, 7) is 8.31. The van der Waals surface area contributed by atoms with Crippen LogP contribution in [0.3, 0.4) is 0 Å². The first-order valence-corrected chi connectivity index (χ1v) is 20.9. The SMILES string of the molecule is CCCCCCCCCCCCCCCC(=O)C(CCNCC)C(=O)CCCCCCCCCCCCCCC.COS(=O)(=O)O. The average Bonchev–Trinajstić information content (AvgIpc) is 3.03. The van der Waals surface area contributed by atoms with Crippen LogP contribution in [-0.2, 0) is 24.2 Å². The molecule has 276 valence electrons. The molecule has 0 atom stereocenters. The number of carbonyl (C=O) groups is 2. The number of rotatable bonds is 35. The van der Waals surface area contributed by atoms with Crippen LogP contribution in [0.25, 0.3) is 0 Å². The zero-order chi connectivity index (χ0) is 34.6. The van der Waals surface area contributed by atoms with Crippen molar-refractivity contribution in [3.63, 3.8) is 0 Å². The fourth-order valence-corrected chi connectivity index (χ4v) is 5.91. The van der Waals surface area contributed by atoms with Crippen LogP contribution >= 0.6 is 0 Å². The Kier molecular flexibility index (Phi) is 38.0. The van der Waals surface area contributed by atoms with Crippen molar-refractivity contribution in [1.29, 1.82) is 0 Å². The van der Waals surface area contributed by atoms with Crippen molar-refractivity contribution >= 4 is 22.0 Å². The lowest BCUT2D eigenvalue weighted by atomic mass is 9.89. The van der Waals surface area contributed by atoms with Gasteiger partial charge in [0, 0.05) is 12.8 Å². The number of hydrogen-bond acceptors (Lipinski definition) is 6. The highest BCUT2D eigenvalue weighted by Crippen LogP contribution is 2.18. The van der Waals surface area contributed by atoms with E-state index >= 15 is 0 Å². The van der Waals surface area contributed by atoms with E-state index in [1.165, 1.54) is 141 Å². The third kappa shape index (κ3) is 37.6. The van der Waals surface area contributed by atoms with E-state index in [1.807, 2.05) is 0 Å². The number of hydrogen-bond donors (Lipinski definition) is 2. The predicted molar refractivity (Wildman–Crippen MR) is 196 cm³/mol. The van der Waals surface area contributed by atoms with Gasteiger partial charge in [-0.05, 0) is 32.4 Å². The molecule has 46 heavy (non-hydrogen) atoms. The van der Waals surface area contributed by atoms with Crippen LogP contribution in [0.5, 0.6) is 0 Å². The molecular weight excluding hydrogens is 598 g/mol. The van der Waals surface area contributed by atoms with Crippen LogP contribution in [0.1, 0.15) is 207 Å². The van der Waals surface area contributed by atoms with Crippen molar-refractivity contribution < 1.29 is 26.7 Å². The summed E-state index contributed by atoms with van der Waals surface area (Å²) in [5.74, 6) is 0.0510. The average molecular weight is 676 g/mol. The summed E-state index contributed by atoms with van der Waals surface area (Å²) >= 11 is 0. The van der Waals surface area contributed by atoms with Crippen LogP contribution in [0.15, 0.2) is 0 Å². The molecule has 0 aromatic heterocycles. The van der Waals surface area contributed by atoms with Gasteiger partial charge in [-0.15, -0.1) is 0 Å². The highest BCUT2D eigenvalue weighted by atomic mass is 32.3. The lowest BCUT2D eigenvalue weighted by molar-refractivity contribution is -0.133. The second-order valence-electron chi connectivity index (χ2n) is 13.2. The Labute approximate surface area is 286 Å². The minimum absolute atomic E-state index is 0.209. The quantitative estimate of drug-likeness (QED) is 0.0391. The van der Waals surface area contributed by atoms with Gasteiger partial charge in [0.1, 0.15) is 11.6 Å².